The SMILES string of the molecule is O=C(O)C(C(=O)O)C1CCCCCCCCCCC1. The molecular formula is C15H26O4. The van der Waals surface area contributed by atoms with E-state index >= 15 is 0 Å². The summed E-state index contributed by atoms with van der Waals surface area (Å²) in [5, 5.41) is 18.2. The van der Waals surface area contributed by atoms with Crippen LogP contribution in [0.5, 0.6) is 0 Å². The van der Waals surface area contributed by atoms with E-state index in [2.05, 4.69) is 0 Å². The van der Waals surface area contributed by atoms with Gasteiger partial charge in [-0.25, -0.2) is 0 Å². The van der Waals surface area contributed by atoms with Gasteiger partial charge in [-0.05, 0) is 18.8 Å². The zero-order valence-corrected chi connectivity index (χ0v) is 11.6. The summed E-state index contributed by atoms with van der Waals surface area (Å²) in [7, 11) is 0. The van der Waals surface area contributed by atoms with E-state index in [1.54, 1.807) is 0 Å². The highest BCUT2D eigenvalue weighted by Gasteiger charge is 2.33. The molecular weight excluding hydrogens is 244 g/mol. The van der Waals surface area contributed by atoms with Gasteiger partial charge in [-0.15, -0.1) is 0 Å². The van der Waals surface area contributed by atoms with Crippen LogP contribution in [-0.4, -0.2) is 22.2 Å². The van der Waals surface area contributed by atoms with Gasteiger partial charge in [0.15, 0.2) is 5.92 Å². The summed E-state index contributed by atoms with van der Waals surface area (Å²) in [6, 6.07) is 0. The Labute approximate surface area is 115 Å². The summed E-state index contributed by atoms with van der Waals surface area (Å²) in [4.78, 5) is 22.3. The molecule has 1 aliphatic carbocycles. The molecule has 2 N–H and O–H groups in total. The smallest absolute Gasteiger partial charge is 0.318 e. The van der Waals surface area contributed by atoms with Crippen LogP contribution in [0, 0.1) is 11.8 Å². The molecule has 0 aliphatic heterocycles. The number of hydrogen-bond donors (Lipinski definition) is 2. The Balaban J connectivity index is 2.58. The molecule has 1 aliphatic rings. The Morgan fingerprint density at radius 2 is 1.00 bits per heavy atom. The average Bonchev–Trinajstić information content (AvgIpc) is 2.31. The van der Waals surface area contributed by atoms with Crippen LogP contribution in [0.3, 0.4) is 0 Å². The minimum absolute atomic E-state index is 0.200. The van der Waals surface area contributed by atoms with E-state index in [1.165, 1.54) is 32.1 Å². The Morgan fingerprint density at radius 1 is 0.684 bits per heavy atom. The topological polar surface area (TPSA) is 74.6 Å². The summed E-state index contributed by atoms with van der Waals surface area (Å²) >= 11 is 0. The lowest BCUT2D eigenvalue weighted by atomic mass is 9.83. The van der Waals surface area contributed by atoms with Gasteiger partial charge >= 0.3 is 11.9 Å². The zero-order valence-electron chi connectivity index (χ0n) is 11.6. The lowest BCUT2D eigenvalue weighted by Crippen LogP contribution is -2.31. The average molecular weight is 270 g/mol. The van der Waals surface area contributed by atoms with E-state index in [-0.39, 0.29) is 5.92 Å². The first-order chi connectivity index (χ1) is 9.13. The molecule has 1 rings (SSSR count). The molecule has 110 valence electrons. The first-order valence-corrected chi connectivity index (χ1v) is 7.58. The molecule has 0 aromatic rings. The molecule has 0 atom stereocenters. The highest BCUT2D eigenvalue weighted by atomic mass is 16.4. The molecule has 0 amide bonds. The molecule has 0 radical (unpaired) electrons. The highest BCUT2D eigenvalue weighted by molar-refractivity contribution is 5.93. The minimum atomic E-state index is -1.22. The van der Waals surface area contributed by atoms with Gasteiger partial charge in [0.1, 0.15) is 0 Å². The number of hydrogen-bond acceptors (Lipinski definition) is 2. The van der Waals surface area contributed by atoms with Crippen molar-refractivity contribution in [1.82, 2.24) is 0 Å². The fourth-order valence-electron chi connectivity index (χ4n) is 3.04. The maximum atomic E-state index is 11.1. The normalized spacial score (nSPS) is 20.5. The molecule has 1 saturated carbocycles. The second-order valence-electron chi connectivity index (χ2n) is 5.67. The summed E-state index contributed by atoms with van der Waals surface area (Å²) in [6.07, 6.45) is 11.8. The quantitative estimate of drug-likeness (QED) is 0.767. The van der Waals surface area contributed by atoms with Crippen LogP contribution in [0.25, 0.3) is 0 Å². The lowest BCUT2D eigenvalue weighted by Gasteiger charge is -2.21. The summed E-state index contributed by atoms with van der Waals surface area (Å²) < 4.78 is 0. The summed E-state index contributed by atoms with van der Waals surface area (Å²) in [6.45, 7) is 0. The molecule has 0 unspecified atom stereocenters. The van der Waals surface area contributed by atoms with Crippen LogP contribution in [0.4, 0.5) is 0 Å². The van der Waals surface area contributed by atoms with Gasteiger partial charge in [-0.1, -0.05) is 57.8 Å². The summed E-state index contributed by atoms with van der Waals surface area (Å²) in [5.41, 5.74) is 0. The van der Waals surface area contributed by atoms with Crippen LogP contribution < -0.4 is 0 Å². The van der Waals surface area contributed by atoms with Crippen molar-refractivity contribution in [2.24, 2.45) is 11.8 Å². The van der Waals surface area contributed by atoms with Gasteiger partial charge in [-0.2, -0.15) is 0 Å². The molecule has 4 nitrogen and oxygen atoms in total. The Morgan fingerprint density at radius 3 is 1.32 bits per heavy atom. The van der Waals surface area contributed by atoms with E-state index in [0.29, 0.717) is 0 Å². The van der Waals surface area contributed by atoms with Gasteiger partial charge in [0.2, 0.25) is 0 Å². The molecule has 0 spiro atoms. The van der Waals surface area contributed by atoms with Crippen molar-refractivity contribution >= 4 is 11.9 Å². The van der Waals surface area contributed by atoms with Crippen LogP contribution in [0.15, 0.2) is 0 Å². The van der Waals surface area contributed by atoms with Crippen molar-refractivity contribution in [2.45, 2.75) is 70.6 Å². The van der Waals surface area contributed by atoms with Crippen molar-refractivity contribution < 1.29 is 19.8 Å². The van der Waals surface area contributed by atoms with Gasteiger partial charge in [-0.3, -0.25) is 9.59 Å². The van der Waals surface area contributed by atoms with Crippen LogP contribution in [0.1, 0.15) is 70.6 Å². The van der Waals surface area contributed by atoms with E-state index in [1.807, 2.05) is 0 Å². The fraction of sp³-hybridized carbons (Fsp3) is 0.867. The fourth-order valence-corrected chi connectivity index (χ4v) is 3.04. The standard InChI is InChI=1S/C15H26O4/c16-14(17)13(15(18)19)12-10-8-6-4-2-1-3-5-7-9-11-12/h12-13H,1-11H2,(H,16,17)(H,18,19). The van der Waals surface area contributed by atoms with Crippen LogP contribution in [-0.2, 0) is 9.59 Å². The number of rotatable bonds is 3. The molecule has 0 saturated heterocycles. The Hall–Kier alpha value is -1.06. The third-order valence-corrected chi connectivity index (χ3v) is 4.15. The number of aliphatic carboxylic acids is 2. The van der Waals surface area contributed by atoms with Crippen molar-refractivity contribution in [1.29, 1.82) is 0 Å². The zero-order chi connectivity index (χ0) is 14.1. The molecule has 1 fully saturated rings. The predicted molar refractivity (Wildman–Crippen MR) is 73.0 cm³/mol. The Kier molecular flexibility index (Phi) is 7.53. The molecule has 0 aromatic heterocycles. The predicted octanol–water partition coefficient (Wildman–Crippen LogP) is 3.69. The maximum Gasteiger partial charge on any atom is 0.318 e. The van der Waals surface area contributed by atoms with Gasteiger partial charge in [0, 0.05) is 0 Å². The molecule has 4 heteroatoms. The second kappa shape index (κ2) is 8.94. The molecule has 0 heterocycles. The monoisotopic (exact) mass is 270 g/mol. The highest BCUT2D eigenvalue weighted by Crippen LogP contribution is 2.27. The van der Waals surface area contributed by atoms with Crippen LogP contribution >= 0.6 is 0 Å². The number of carbonyl (C=O) groups is 2. The number of carboxylic acid groups (broad SMARTS) is 2. The number of carboxylic acids is 2. The largest absolute Gasteiger partial charge is 0.481 e. The molecule has 0 bridgehead atoms. The van der Waals surface area contributed by atoms with Crippen LogP contribution in [0.2, 0.25) is 0 Å². The van der Waals surface area contributed by atoms with E-state index in [0.717, 1.165) is 38.5 Å². The lowest BCUT2D eigenvalue weighted by molar-refractivity contribution is -0.157. The first kappa shape index (κ1) is 16.0. The first-order valence-electron chi connectivity index (χ1n) is 7.58. The van der Waals surface area contributed by atoms with E-state index in [4.69, 9.17) is 10.2 Å². The van der Waals surface area contributed by atoms with E-state index < -0.39 is 17.9 Å². The Bertz CT molecular complexity index is 262. The van der Waals surface area contributed by atoms with Gasteiger partial charge < -0.3 is 10.2 Å². The van der Waals surface area contributed by atoms with Gasteiger partial charge in [0.25, 0.3) is 0 Å². The van der Waals surface area contributed by atoms with Crippen molar-refractivity contribution in [3.05, 3.63) is 0 Å². The summed E-state index contributed by atoms with van der Waals surface area (Å²) in [5.74, 6) is -3.77. The minimum Gasteiger partial charge on any atom is -0.481 e. The van der Waals surface area contributed by atoms with Gasteiger partial charge in [0.05, 0.1) is 0 Å². The van der Waals surface area contributed by atoms with Crippen molar-refractivity contribution in [2.75, 3.05) is 0 Å². The molecule has 19 heavy (non-hydrogen) atoms. The van der Waals surface area contributed by atoms with E-state index in [9.17, 15) is 9.59 Å². The third kappa shape index (κ3) is 6.08. The molecule has 0 aromatic carbocycles. The second-order valence-corrected chi connectivity index (χ2v) is 5.67. The maximum absolute atomic E-state index is 11.1. The third-order valence-electron chi connectivity index (χ3n) is 4.15. The van der Waals surface area contributed by atoms with Crippen molar-refractivity contribution in [3.8, 4) is 0 Å². The van der Waals surface area contributed by atoms with Crippen molar-refractivity contribution in [3.63, 3.8) is 0 Å².